The maximum atomic E-state index is 13.9. The first-order valence-corrected chi connectivity index (χ1v) is 11.2. The Hall–Kier alpha value is -3.10. The summed E-state index contributed by atoms with van der Waals surface area (Å²) in [6, 6.07) is 13.4. The highest BCUT2D eigenvalue weighted by Crippen LogP contribution is 2.25. The van der Waals surface area contributed by atoms with Gasteiger partial charge in [0.1, 0.15) is 11.6 Å². The Morgan fingerprint density at radius 2 is 2.03 bits per heavy atom. The molecule has 2 unspecified atom stereocenters. The highest BCUT2D eigenvalue weighted by Gasteiger charge is 2.25. The largest absolute Gasteiger partial charge is 0.441 e. The first-order chi connectivity index (χ1) is 16.0. The van der Waals surface area contributed by atoms with Crippen molar-refractivity contribution in [1.82, 2.24) is 20.7 Å². The van der Waals surface area contributed by atoms with Gasteiger partial charge >= 0.3 is 0 Å². The summed E-state index contributed by atoms with van der Waals surface area (Å²) >= 11 is 0. The van der Waals surface area contributed by atoms with Crippen molar-refractivity contribution in [3.63, 3.8) is 0 Å². The van der Waals surface area contributed by atoms with E-state index in [0.29, 0.717) is 30.2 Å². The summed E-state index contributed by atoms with van der Waals surface area (Å²) in [5, 5.41) is 0. The fourth-order valence-electron chi connectivity index (χ4n) is 4.07. The highest BCUT2D eigenvalue weighted by atomic mass is 19.1. The van der Waals surface area contributed by atoms with Gasteiger partial charge in [-0.3, -0.25) is 15.6 Å². The average molecular weight is 455 g/mol. The van der Waals surface area contributed by atoms with E-state index in [2.05, 4.69) is 15.8 Å². The summed E-state index contributed by atoms with van der Waals surface area (Å²) in [5.74, 6) is 0.185. The lowest BCUT2D eigenvalue weighted by Crippen LogP contribution is -2.32. The number of carbonyl (C=O) groups excluding carboxylic acids is 1. The van der Waals surface area contributed by atoms with Crippen molar-refractivity contribution >= 4 is 5.91 Å². The van der Waals surface area contributed by atoms with Gasteiger partial charge in [-0.1, -0.05) is 24.3 Å². The molecule has 1 aromatic heterocycles. The Morgan fingerprint density at radius 3 is 2.85 bits per heavy atom. The first kappa shape index (κ1) is 23.1. The summed E-state index contributed by atoms with van der Waals surface area (Å²) in [6.45, 7) is 0.647. The number of carbonyl (C=O) groups is 1. The maximum Gasteiger partial charge on any atom is 0.222 e. The molecule has 8 heteroatoms. The van der Waals surface area contributed by atoms with Crippen molar-refractivity contribution in [1.29, 1.82) is 0 Å². The van der Waals surface area contributed by atoms with Crippen LogP contribution >= 0.6 is 0 Å². The minimum absolute atomic E-state index is 0.00999. The van der Waals surface area contributed by atoms with Crippen LogP contribution in [0.1, 0.15) is 43.2 Å². The van der Waals surface area contributed by atoms with E-state index >= 15 is 0 Å². The van der Waals surface area contributed by atoms with Crippen LogP contribution in [0.2, 0.25) is 0 Å². The minimum Gasteiger partial charge on any atom is -0.441 e. The molecule has 1 aliphatic heterocycles. The molecule has 1 fully saturated rings. The monoisotopic (exact) mass is 454 g/mol. The standard InChI is InChI=1S/C25H28F2N4O2/c1-31(13-5-8-19-15-22(30-29-19)17-6-4-7-18(26)14-17)25(32)12-11-24-28-16-23(33-24)20-9-2-3-10-21(20)27/h2-4,6-7,9-10,14,16,19,22,29-30H,5,8,11-13,15H2,1H3. The van der Waals surface area contributed by atoms with Crippen molar-refractivity contribution in [2.75, 3.05) is 13.6 Å². The van der Waals surface area contributed by atoms with E-state index in [0.717, 1.165) is 24.8 Å². The Kier molecular flexibility index (Phi) is 7.47. The van der Waals surface area contributed by atoms with Gasteiger partial charge in [-0.25, -0.2) is 13.8 Å². The van der Waals surface area contributed by atoms with Gasteiger partial charge in [0.2, 0.25) is 5.91 Å². The second-order valence-electron chi connectivity index (χ2n) is 8.38. The fraction of sp³-hybridized carbons (Fsp3) is 0.360. The second kappa shape index (κ2) is 10.7. The maximum absolute atomic E-state index is 13.9. The number of aryl methyl sites for hydroxylation is 1. The van der Waals surface area contributed by atoms with E-state index < -0.39 is 0 Å². The molecule has 3 aromatic rings. The number of halogens is 2. The van der Waals surface area contributed by atoms with Crippen LogP contribution in [-0.2, 0) is 11.2 Å². The summed E-state index contributed by atoms with van der Waals surface area (Å²) in [7, 11) is 1.79. The van der Waals surface area contributed by atoms with E-state index in [-0.39, 0.29) is 36.0 Å². The zero-order valence-corrected chi connectivity index (χ0v) is 18.6. The number of benzene rings is 2. The lowest BCUT2D eigenvalue weighted by atomic mass is 9.99. The molecule has 0 bridgehead atoms. The van der Waals surface area contributed by atoms with E-state index in [1.807, 2.05) is 6.07 Å². The van der Waals surface area contributed by atoms with E-state index in [1.54, 1.807) is 42.3 Å². The van der Waals surface area contributed by atoms with Crippen LogP contribution in [0, 0.1) is 11.6 Å². The van der Waals surface area contributed by atoms with Crippen molar-refractivity contribution in [2.45, 2.75) is 44.2 Å². The zero-order chi connectivity index (χ0) is 23.2. The number of rotatable bonds is 9. The Bertz CT molecular complexity index is 1090. The predicted molar refractivity (Wildman–Crippen MR) is 121 cm³/mol. The number of hydrogen-bond donors (Lipinski definition) is 2. The number of oxazole rings is 1. The Balaban J connectivity index is 1.17. The van der Waals surface area contributed by atoms with Gasteiger partial charge in [-0.05, 0) is 49.1 Å². The highest BCUT2D eigenvalue weighted by molar-refractivity contribution is 5.76. The third-order valence-electron chi connectivity index (χ3n) is 5.95. The van der Waals surface area contributed by atoms with Crippen molar-refractivity contribution in [3.05, 3.63) is 77.8 Å². The van der Waals surface area contributed by atoms with Gasteiger partial charge in [0.15, 0.2) is 11.7 Å². The normalized spacial score (nSPS) is 17.9. The Morgan fingerprint density at radius 1 is 1.18 bits per heavy atom. The SMILES string of the molecule is CN(CCCC1CC(c2cccc(F)c2)NN1)C(=O)CCc1ncc(-c2ccccc2F)o1. The van der Waals surface area contributed by atoms with Crippen LogP contribution in [0.4, 0.5) is 8.78 Å². The number of nitrogens with zero attached hydrogens (tertiary/aromatic N) is 2. The van der Waals surface area contributed by atoms with Crippen molar-refractivity contribution < 1.29 is 18.0 Å². The number of hydrazine groups is 1. The van der Waals surface area contributed by atoms with Crippen LogP contribution in [0.15, 0.2) is 59.1 Å². The third kappa shape index (κ3) is 6.03. The minimum atomic E-state index is -0.370. The first-order valence-electron chi connectivity index (χ1n) is 11.2. The molecule has 6 nitrogen and oxygen atoms in total. The molecule has 0 aliphatic carbocycles. The molecule has 1 amide bonds. The summed E-state index contributed by atoms with van der Waals surface area (Å²) < 4.78 is 32.9. The molecule has 0 radical (unpaired) electrons. The Labute approximate surface area is 192 Å². The van der Waals surface area contributed by atoms with Gasteiger partial charge < -0.3 is 9.32 Å². The van der Waals surface area contributed by atoms with E-state index in [9.17, 15) is 13.6 Å². The number of aromatic nitrogens is 1. The van der Waals surface area contributed by atoms with Gasteiger partial charge in [0, 0.05) is 38.5 Å². The molecule has 0 saturated carbocycles. The summed E-state index contributed by atoms with van der Waals surface area (Å²) in [4.78, 5) is 18.4. The molecular formula is C25H28F2N4O2. The molecule has 2 N–H and O–H groups in total. The molecule has 1 aliphatic rings. The van der Waals surface area contributed by atoms with Crippen LogP contribution in [0.3, 0.4) is 0 Å². The second-order valence-corrected chi connectivity index (χ2v) is 8.38. The lowest BCUT2D eigenvalue weighted by Gasteiger charge is -2.18. The molecule has 33 heavy (non-hydrogen) atoms. The van der Waals surface area contributed by atoms with Gasteiger partial charge in [-0.15, -0.1) is 0 Å². The van der Waals surface area contributed by atoms with Crippen molar-refractivity contribution in [3.8, 4) is 11.3 Å². The fourth-order valence-corrected chi connectivity index (χ4v) is 4.07. The average Bonchev–Trinajstić information content (AvgIpc) is 3.48. The molecule has 4 rings (SSSR count). The summed E-state index contributed by atoms with van der Waals surface area (Å²) in [6.07, 6.45) is 4.76. The molecular weight excluding hydrogens is 426 g/mol. The smallest absolute Gasteiger partial charge is 0.222 e. The molecule has 174 valence electrons. The topological polar surface area (TPSA) is 70.4 Å². The van der Waals surface area contributed by atoms with Gasteiger partial charge in [-0.2, -0.15) is 0 Å². The van der Waals surface area contributed by atoms with Crippen LogP contribution in [0.5, 0.6) is 0 Å². The number of amides is 1. The number of nitrogens with one attached hydrogen (secondary N) is 2. The van der Waals surface area contributed by atoms with Gasteiger partial charge in [0.05, 0.1) is 11.8 Å². The van der Waals surface area contributed by atoms with E-state index in [1.165, 1.54) is 18.3 Å². The zero-order valence-electron chi connectivity index (χ0n) is 18.6. The molecule has 2 aromatic carbocycles. The van der Waals surface area contributed by atoms with Crippen LogP contribution in [-0.4, -0.2) is 35.4 Å². The van der Waals surface area contributed by atoms with Crippen molar-refractivity contribution in [2.24, 2.45) is 0 Å². The van der Waals surface area contributed by atoms with E-state index in [4.69, 9.17) is 4.42 Å². The molecule has 2 heterocycles. The predicted octanol–water partition coefficient (Wildman–Crippen LogP) is 4.40. The van der Waals surface area contributed by atoms with Crippen LogP contribution in [0.25, 0.3) is 11.3 Å². The summed E-state index contributed by atoms with van der Waals surface area (Å²) in [5.41, 5.74) is 7.79. The molecule has 0 spiro atoms. The third-order valence-corrected chi connectivity index (χ3v) is 5.95. The van der Waals surface area contributed by atoms with Gasteiger partial charge in [0.25, 0.3) is 0 Å². The molecule has 1 saturated heterocycles. The quantitative estimate of drug-likeness (QED) is 0.502. The molecule has 2 atom stereocenters. The lowest BCUT2D eigenvalue weighted by molar-refractivity contribution is -0.130. The number of hydrogen-bond acceptors (Lipinski definition) is 5. The van der Waals surface area contributed by atoms with Crippen LogP contribution < -0.4 is 10.9 Å².